The molecule has 1 aliphatic heterocycles. The van der Waals surface area contributed by atoms with Crippen LogP contribution in [0, 0.1) is 0 Å². The quantitative estimate of drug-likeness (QED) is 0.900. The molecular formula is C21H24N2O3. The van der Waals surface area contributed by atoms with Crippen LogP contribution < -0.4 is 10.1 Å². The molecule has 1 fully saturated rings. The van der Waals surface area contributed by atoms with Crippen LogP contribution in [-0.4, -0.2) is 35.8 Å². The van der Waals surface area contributed by atoms with Crippen molar-refractivity contribution in [2.24, 2.45) is 0 Å². The molecule has 1 N–H and O–H groups in total. The third-order valence-corrected chi connectivity index (χ3v) is 4.47. The predicted molar refractivity (Wildman–Crippen MR) is 100.0 cm³/mol. The number of nitrogens with one attached hydrogen (secondary N) is 1. The lowest BCUT2D eigenvalue weighted by Crippen LogP contribution is -2.49. The zero-order valence-corrected chi connectivity index (χ0v) is 15.0. The Morgan fingerprint density at radius 1 is 1.12 bits per heavy atom. The molecule has 2 amide bonds. The molecule has 1 saturated heterocycles. The zero-order valence-electron chi connectivity index (χ0n) is 15.0. The molecule has 136 valence electrons. The van der Waals surface area contributed by atoms with Crippen molar-refractivity contribution >= 4 is 11.8 Å². The van der Waals surface area contributed by atoms with Crippen molar-refractivity contribution in [2.45, 2.75) is 32.4 Å². The number of likely N-dealkylation sites (tertiary alicyclic amines) is 1. The molecule has 1 aliphatic rings. The van der Waals surface area contributed by atoms with Crippen LogP contribution in [0.15, 0.2) is 54.6 Å². The van der Waals surface area contributed by atoms with Gasteiger partial charge in [-0.15, -0.1) is 0 Å². The number of carbonyl (C=O) groups is 2. The first-order chi connectivity index (χ1) is 12.6. The maximum absolute atomic E-state index is 12.7. The number of amides is 2. The lowest BCUT2D eigenvalue weighted by atomic mass is 10.0. The molecule has 0 aromatic heterocycles. The summed E-state index contributed by atoms with van der Waals surface area (Å²) >= 11 is 0. The van der Waals surface area contributed by atoms with Crippen LogP contribution in [0.3, 0.4) is 0 Å². The Bertz CT molecular complexity index is 744. The lowest BCUT2D eigenvalue weighted by molar-refractivity contribution is -0.120. The van der Waals surface area contributed by atoms with Crippen LogP contribution in [0.25, 0.3) is 0 Å². The summed E-state index contributed by atoms with van der Waals surface area (Å²) in [5.74, 6) is 0.680. The Kier molecular flexibility index (Phi) is 5.89. The van der Waals surface area contributed by atoms with Crippen molar-refractivity contribution in [1.82, 2.24) is 10.2 Å². The van der Waals surface area contributed by atoms with E-state index in [2.05, 4.69) is 5.32 Å². The highest BCUT2D eigenvalue weighted by Gasteiger charge is 2.24. The molecule has 0 aliphatic carbocycles. The zero-order chi connectivity index (χ0) is 18.4. The Labute approximate surface area is 154 Å². The van der Waals surface area contributed by atoms with E-state index in [1.165, 1.54) is 6.92 Å². The van der Waals surface area contributed by atoms with E-state index >= 15 is 0 Å². The van der Waals surface area contributed by atoms with Crippen molar-refractivity contribution in [3.05, 3.63) is 65.7 Å². The van der Waals surface area contributed by atoms with Crippen molar-refractivity contribution in [1.29, 1.82) is 0 Å². The molecule has 2 aromatic carbocycles. The molecule has 1 unspecified atom stereocenters. The second-order valence-corrected chi connectivity index (χ2v) is 6.59. The van der Waals surface area contributed by atoms with E-state index in [0.29, 0.717) is 18.7 Å². The molecule has 26 heavy (non-hydrogen) atoms. The number of rotatable bonds is 5. The number of piperidine rings is 1. The summed E-state index contributed by atoms with van der Waals surface area (Å²) in [4.78, 5) is 25.7. The molecule has 5 heteroatoms. The average Bonchev–Trinajstić information content (AvgIpc) is 2.67. The fraction of sp³-hybridized carbons (Fsp3) is 0.333. The largest absolute Gasteiger partial charge is 0.489 e. The molecule has 0 bridgehead atoms. The fourth-order valence-electron chi connectivity index (χ4n) is 3.18. The van der Waals surface area contributed by atoms with Gasteiger partial charge in [0, 0.05) is 31.6 Å². The Morgan fingerprint density at radius 2 is 1.85 bits per heavy atom. The maximum Gasteiger partial charge on any atom is 0.253 e. The van der Waals surface area contributed by atoms with Gasteiger partial charge in [0.25, 0.3) is 5.91 Å². The summed E-state index contributed by atoms with van der Waals surface area (Å²) in [5, 5.41) is 2.91. The van der Waals surface area contributed by atoms with Crippen molar-refractivity contribution < 1.29 is 14.3 Å². The molecule has 1 atom stereocenters. The van der Waals surface area contributed by atoms with Gasteiger partial charge in [0.05, 0.1) is 0 Å². The van der Waals surface area contributed by atoms with Gasteiger partial charge in [-0.2, -0.15) is 0 Å². The van der Waals surface area contributed by atoms with Crippen LogP contribution in [0.5, 0.6) is 5.75 Å². The van der Waals surface area contributed by atoms with E-state index in [9.17, 15) is 9.59 Å². The molecule has 5 nitrogen and oxygen atoms in total. The van der Waals surface area contributed by atoms with E-state index < -0.39 is 0 Å². The van der Waals surface area contributed by atoms with Crippen LogP contribution >= 0.6 is 0 Å². The highest BCUT2D eigenvalue weighted by atomic mass is 16.5. The minimum absolute atomic E-state index is 0.00494. The number of nitrogens with zero attached hydrogens (tertiary/aromatic N) is 1. The van der Waals surface area contributed by atoms with Crippen molar-refractivity contribution in [2.75, 3.05) is 13.1 Å². The smallest absolute Gasteiger partial charge is 0.253 e. The molecule has 0 radical (unpaired) electrons. The minimum atomic E-state index is -0.0517. The van der Waals surface area contributed by atoms with Gasteiger partial charge in [-0.1, -0.05) is 30.3 Å². The first-order valence-corrected chi connectivity index (χ1v) is 8.95. The summed E-state index contributed by atoms with van der Waals surface area (Å²) in [6, 6.07) is 17.2. The van der Waals surface area contributed by atoms with E-state index in [1.54, 1.807) is 12.1 Å². The molecular weight excluding hydrogens is 328 g/mol. The van der Waals surface area contributed by atoms with Gasteiger partial charge < -0.3 is 15.0 Å². The molecule has 3 rings (SSSR count). The first-order valence-electron chi connectivity index (χ1n) is 8.95. The van der Waals surface area contributed by atoms with E-state index in [-0.39, 0.29) is 17.9 Å². The van der Waals surface area contributed by atoms with Crippen LogP contribution in [0.1, 0.15) is 35.7 Å². The van der Waals surface area contributed by atoms with Crippen LogP contribution in [-0.2, 0) is 11.4 Å². The van der Waals surface area contributed by atoms with Gasteiger partial charge >= 0.3 is 0 Å². The predicted octanol–water partition coefficient (Wildman–Crippen LogP) is 3.01. The highest BCUT2D eigenvalue weighted by Crippen LogP contribution is 2.18. The summed E-state index contributed by atoms with van der Waals surface area (Å²) in [6.45, 7) is 3.29. The summed E-state index contributed by atoms with van der Waals surface area (Å²) < 4.78 is 5.76. The van der Waals surface area contributed by atoms with Gasteiger partial charge in [-0.25, -0.2) is 0 Å². The average molecular weight is 352 g/mol. The second kappa shape index (κ2) is 8.52. The number of hydrogen-bond acceptors (Lipinski definition) is 3. The standard InChI is InChI=1S/C21H24N2O3/c1-16(24)22-19-8-5-13-23(14-19)21(25)18-9-11-20(12-10-18)26-15-17-6-3-2-4-7-17/h2-4,6-7,9-12,19H,5,8,13-15H2,1H3,(H,22,24). The Morgan fingerprint density at radius 3 is 2.54 bits per heavy atom. The Balaban J connectivity index is 1.57. The second-order valence-electron chi connectivity index (χ2n) is 6.59. The third kappa shape index (κ3) is 4.85. The van der Waals surface area contributed by atoms with E-state index in [0.717, 1.165) is 30.7 Å². The van der Waals surface area contributed by atoms with Crippen LogP contribution in [0.2, 0.25) is 0 Å². The lowest BCUT2D eigenvalue weighted by Gasteiger charge is -2.33. The number of carbonyl (C=O) groups excluding carboxylic acids is 2. The third-order valence-electron chi connectivity index (χ3n) is 4.47. The fourth-order valence-corrected chi connectivity index (χ4v) is 3.18. The Hall–Kier alpha value is -2.82. The van der Waals surface area contributed by atoms with E-state index in [1.807, 2.05) is 47.4 Å². The summed E-state index contributed by atoms with van der Waals surface area (Å²) in [5.41, 5.74) is 1.74. The SMILES string of the molecule is CC(=O)NC1CCCN(C(=O)c2ccc(OCc3ccccc3)cc2)C1. The summed E-state index contributed by atoms with van der Waals surface area (Å²) in [6.07, 6.45) is 1.81. The first kappa shape index (κ1) is 18.0. The van der Waals surface area contributed by atoms with Crippen LogP contribution in [0.4, 0.5) is 0 Å². The maximum atomic E-state index is 12.7. The molecule has 0 spiro atoms. The van der Waals surface area contributed by atoms with Gasteiger partial charge in [-0.3, -0.25) is 9.59 Å². The van der Waals surface area contributed by atoms with Gasteiger partial charge in [0.2, 0.25) is 5.91 Å². The monoisotopic (exact) mass is 352 g/mol. The van der Waals surface area contributed by atoms with E-state index in [4.69, 9.17) is 4.74 Å². The normalized spacial score (nSPS) is 16.8. The van der Waals surface area contributed by atoms with Gasteiger partial charge in [0.1, 0.15) is 12.4 Å². The molecule has 2 aromatic rings. The highest BCUT2D eigenvalue weighted by molar-refractivity contribution is 5.94. The number of benzene rings is 2. The topological polar surface area (TPSA) is 58.6 Å². The van der Waals surface area contributed by atoms with Crippen molar-refractivity contribution in [3.8, 4) is 5.75 Å². The number of ether oxygens (including phenoxy) is 1. The van der Waals surface area contributed by atoms with Gasteiger partial charge in [0.15, 0.2) is 0 Å². The number of hydrogen-bond donors (Lipinski definition) is 1. The minimum Gasteiger partial charge on any atom is -0.489 e. The molecule has 1 heterocycles. The van der Waals surface area contributed by atoms with Gasteiger partial charge in [-0.05, 0) is 42.7 Å². The summed E-state index contributed by atoms with van der Waals surface area (Å²) in [7, 11) is 0. The molecule has 0 saturated carbocycles. The van der Waals surface area contributed by atoms with Crippen molar-refractivity contribution in [3.63, 3.8) is 0 Å².